The lowest BCUT2D eigenvalue weighted by Crippen LogP contribution is -2.47. The Bertz CT molecular complexity index is 971. The summed E-state index contributed by atoms with van der Waals surface area (Å²) in [5.74, 6) is 1.11. The highest BCUT2D eigenvalue weighted by Gasteiger charge is 2.40. The van der Waals surface area contributed by atoms with Gasteiger partial charge in [0.1, 0.15) is 11.0 Å². The van der Waals surface area contributed by atoms with Crippen LogP contribution in [0.4, 0.5) is 5.82 Å². The Morgan fingerprint density at radius 3 is 2.39 bits per heavy atom. The number of anilines is 1. The second kappa shape index (κ2) is 10.1. The predicted molar refractivity (Wildman–Crippen MR) is 126 cm³/mol. The number of piperidine rings is 1. The summed E-state index contributed by atoms with van der Waals surface area (Å²) in [6.07, 6.45) is 1.44. The first-order valence-electron chi connectivity index (χ1n) is 11.3. The molecule has 0 atom stereocenters. The summed E-state index contributed by atoms with van der Waals surface area (Å²) in [5, 5.41) is 1.08. The Labute approximate surface area is 202 Å². The van der Waals surface area contributed by atoms with Crippen molar-refractivity contribution in [3.8, 4) is 0 Å². The molecule has 33 heavy (non-hydrogen) atoms. The summed E-state index contributed by atoms with van der Waals surface area (Å²) in [6.45, 7) is 5.55. The number of hydrogen-bond acceptors (Lipinski definition) is 8. The molecule has 176 valence electrons. The normalized spacial score (nSPS) is 20.4. The largest absolute Gasteiger partial charge is 0.378 e. The third-order valence-electron chi connectivity index (χ3n) is 6.19. The molecule has 3 aliphatic rings. The van der Waals surface area contributed by atoms with Gasteiger partial charge in [-0.15, -0.1) is 0 Å². The van der Waals surface area contributed by atoms with Crippen LogP contribution >= 0.6 is 23.4 Å². The Hall–Kier alpha value is -1.91. The standard InChI is InChI=1S/C23H27ClN4O4S/c24-19-15-20(27-9-11-30-12-10-27)26-22(25-19)33-16-17-1-3-18(4-2-17)21(29)28-7-5-23(6-8-28)31-13-14-32-23/h1-4,15H,5-14,16H2. The Kier molecular flexibility index (Phi) is 7.03. The molecule has 3 saturated heterocycles. The van der Waals surface area contributed by atoms with E-state index < -0.39 is 5.79 Å². The van der Waals surface area contributed by atoms with Crippen molar-refractivity contribution in [1.29, 1.82) is 0 Å². The molecule has 4 heterocycles. The van der Waals surface area contributed by atoms with E-state index in [0.717, 1.165) is 37.3 Å². The van der Waals surface area contributed by atoms with Gasteiger partial charge in [0.25, 0.3) is 5.91 Å². The van der Waals surface area contributed by atoms with Crippen molar-refractivity contribution in [3.05, 3.63) is 46.6 Å². The molecule has 3 aliphatic heterocycles. The number of hydrogen-bond donors (Lipinski definition) is 0. The average Bonchev–Trinajstić information content (AvgIpc) is 3.31. The number of morpholine rings is 1. The summed E-state index contributed by atoms with van der Waals surface area (Å²) < 4.78 is 16.9. The number of carbonyl (C=O) groups excluding carboxylic acids is 1. The van der Waals surface area contributed by atoms with Gasteiger partial charge in [-0.1, -0.05) is 35.5 Å². The number of aromatic nitrogens is 2. The SMILES string of the molecule is O=C(c1ccc(CSc2nc(Cl)cc(N3CCOCC3)n2)cc1)N1CCC2(CC1)OCCO2. The number of carbonyl (C=O) groups is 1. The number of ether oxygens (including phenoxy) is 3. The zero-order chi connectivity index (χ0) is 22.7. The molecule has 1 aromatic carbocycles. The topological polar surface area (TPSA) is 77.0 Å². The molecule has 0 aliphatic carbocycles. The number of nitrogens with zero attached hydrogens (tertiary/aromatic N) is 4. The molecule has 8 nitrogen and oxygen atoms in total. The van der Waals surface area contributed by atoms with E-state index in [-0.39, 0.29) is 5.91 Å². The molecule has 10 heteroatoms. The second-order valence-electron chi connectivity index (χ2n) is 8.32. The van der Waals surface area contributed by atoms with Gasteiger partial charge in [0, 0.05) is 56.4 Å². The van der Waals surface area contributed by atoms with Crippen LogP contribution in [0.1, 0.15) is 28.8 Å². The van der Waals surface area contributed by atoms with Gasteiger partial charge >= 0.3 is 0 Å². The highest BCUT2D eigenvalue weighted by Crippen LogP contribution is 2.32. The molecule has 2 aromatic rings. The van der Waals surface area contributed by atoms with Crippen LogP contribution in [0.25, 0.3) is 0 Å². The van der Waals surface area contributed by atoms with Gasteiger partial charge < -0.3 is 24.0 Å². The van der Waals surface area contributed by atoms with Crippen LogP contribution in [0.15, 0.2) is 35.5 Å². The van der Waals surface area contributed by atoms with Crippen molar-refractivity contribution in [1.82, 2.24) is 14.9 Å². The summed E-state index contributed by atoms with van der Waals surface area (Å²) in [5.41, 5.74) is 1.79. The molecule has 0 bridgehead atoms. The molecular formula is C23H27ClN4O4S. The lowest BCUT2D eigenvalue weighted by molar-refractivity contribution is -0.181. The van der Waals surface area contributed by atoms with E-state index in [4.69, 9.17) is 25.8 Å². The van der Waals surface area contributed by atoms with Crippen molar-refractivity contribution in [3.63, 3.8) is 0 Å². The summed E-state index contributed by atoms with van der Waals surface area (Å²) in [7, 11) is 0. The fourth-order valence-corrected chi connectivity index (χ4v) is 5.35. The highest BCUT2D eigenvalue weighted by atomic mass is 35.5. The minimum Gasteiger partial charge on any atom is -0.378 e. The van der Waals surface area contributed by atoms with Crippen LogP contribution in [0, 0.1) is 0 Å². The minimum absolute atomic E-state index is 0.0513. The summed E-state index contributed by atoms with van der Waals surface area (Å²) in [4.78, 5) is 26.0. The Morgan fingerprint density at radius 1 is 1.00 bits per heavy atom. The van der Waals surface area contributed by atoms with Crippen LogP contribution in [0.2, 0.25) is 5.15 Å². The van der Waals surface area contributed by atoms with Crippen molar-refractivity contribution in [2.75, 3.05) is 57.5 Å². The van der Waals surface area contributed by atoms with E-state index in [1.807, 2.05) is 29.2 Å². The number of thioether (sulfide) groups is 1. The Balaban J connectivity index is 1.17. The van der Waals surface area contributed by atoms with Gasteiger partial charge in [0.2, 0.25) is 0 Å². The lowest BCUT2D eigenvalue weighted by atomic mass is 10.0. The van der Waals surface area contributed by atoms with E-state index in [9.17, 15) is 4.79 Å². The van der Waals surface area contributed by atoms with Crippen LogP contribution in [0.5, 0.6) is 0 Å². The van der Waals surface area contributed by atoms with Gasteiger partial charge in [0.15, 0.2) is 10.9 Å². The fourth-order valence-electron chi connectivity index (χ4n) is 4.31. The van der Waals surface area contributed by atoms with Crippen molar-refractivity contribution in [2.45, 2.75) is 29.5 Å². The van der Waals surface area contributed by atoms with Gasteiger partial charge in [0.05, 0.1) is 26.4 Å². The lowest BCUT2D eigenvalue weighted by Gasteiger charge is -2.37. The molecule has 0 N–H and O–H groups in total. The van der Waals surface area contributed by atoms with Crippen molar-refractivity contribution < 1.29 is 19.0 Å². The molecule has 1 amide bonds. The van der Waals surface area contributed by atoms with E-state index in [1.165, 1.54) is 11.8 Å². The van der Waals surface area contributed by atoms with Gasteiger partial charge in [-0.3, -0.25) is 4.79 Å². The van der Waals surface area contributed by atoms with Crippen molar-refractivity contribution >= 4 is 35.1 Å². The van der Waals surface area contributed by atoms with E-state index >= 15 is 0 Å². The molecule has 1 spiro atoms. The average molecular weight is 491 g/mol. The molecule has 0 saturated carbocycles. The van der Waals surface area contributed by atoms with Gasteiger partial charge in [-0.05, 0) is 17.7 Å². The van der Waals surface area contributed by atoms with Crippen LogP contribution < -0.4 is 4.90 Å². The first-order chi connectivity index (χ1) is 16.1. The number of rotatable bonds is 5. The third-order valence-corrected chi connectivity index (χ3v) is 7.30. The highest BCUT2D eigenvalue weighted by molar-refractivity contribution is 7.98. The number of benzene rings is 1. The molecule has 0 radical (unpaired) electrons. The quantitative estimate of drug-likeness (QED) is 0.359. The Morgan fingerprint density at radius 2 is 1.70 bits per heavy atom. The summed E-state index contributed by atoms with van der Waals surface area (Å²) in [6, 6.07) is 9.56. The molecule has 5 rings (SSSR count). The zero-order valence-corrected chi connectivity index (χ0v) is 19.9. The van der Waals surface area contributed by atoms with E-state index in [0.29, 0.717) is 61.1 Å². The van der Waals surface area contributed by atoms with Crippen LogP contribution in [0.3, 0.4) is 0 Å². The molecule has 3 fully saturated rings. The maximum Gasteiger partial charge on any atom is 0.253 e. The molecular weight excluding hydrogens is 464 g/mol. The molecule has 0 unspecified atom stereocenters. The first kappa shape index (κ1) is 22.9. The predicted octanol–water partition coefficient (Wildman–Crippen LogP) is 3.24. The number of amides is 1. The fraction of sp³-hybridized carbons (Fsp3) is 0.522. The van der Waals surface area contributed by atoms with Gasteiger partial charge in [-0.2, -0.15) is 0 Å². The van der Waals surface area contributed by atoms with Crippen LogP contribution in [-0.2, 0) is 20.0 Å². The smallest absolute Gasteiger partial charge is 0.253 e. The van der Waals surface area contributed by atoms with Gasteiger partial charge in [-0.25, -0.2) is 9.97 Å². The summed E-state index contributed by atoms with van der Waals surface area (Å²) >= 11 is 7.77. The number of halogens is 1. The van der Waals surface area contributed by atoms with Crippen molar-refractivity contribution in [2.24, 2.45) is 0 Å². The number of likely N-dealkylation sites (tertiary alicyclic amines) is 1. The second-order valence-corrected chi connectivity index (χ2v) is 9.65. The minimum atomic E-state index is -0.470. The monoisotopic (exact) mass is 490 g/mol. The third kappa shape index (κ3) is 5.44. The first-order valence-corrected chi connectivity index (χ1v) is 12.6. The van der Waals surface area contributed by atoms with E-state index in [1.54, 1.807) is 6.07 Å². The van der Waals surface area contributed by atoms with E-state index in [2.05, 4.69) is 14.9 Å². The van der Waals surface area contributed by atoms with Crippen LogP contribution in [-0.4, -0.2) is 79.2 Å². The maximum absolute atomic E-state index is 12.9. The zero-order valence-electron chi connectivity index (χ0n) is 18.4. The maximum atomic E-state index is 12.9. The molecule has 1 aromatic heterocycles.